The molecule has 0 saturated heterocycles. The Morgan fingerprint density at radius 2 is 1.85 bits per heavy atom. The first-order chi connectivity index (χ1) is 12.4. The first-order valence-corrected chi connectivity index (χ1v) is 8.85. The number of hydrogen-bond donors (Lipinski definition) is 2. The summed E-state index contributed by atoms with van der Waals surface area (Å²) in [5.41, 5.74) is 1.35. The number of amides is 1. The van der Waals surface area contributed by atoms with Crippen LogP contribution in [0.25, 0.3) is 0 Å². The number of anilines is 1. The monoisotopic (exact) mass is 376 g/mol. The molecule has 8 heteroatoms. The lowest BCUT2D eigenvalue weighted by Gasteiger charge is -2.22. The Balaban J connectivity index is 1.94. The van der Waals surface area contributed by atoms with Crippen molar-refractivity contribution in [1.82, 2.24) is 4.90 Å². The first kappa shape index (κ1) is 18.2. The highest BCUT2D eigenvalue weighted by molar-refractivity contribution is 7.17. The average molecular weight is 376 g/mol. The van der Waals surface area contributed by atoms with Crippen molar-refractivity contribution in [2.24, 2.45) is 0 Å². The van der Waals surface area contributed by atoms with Crippen molar-refractivity contribution in [1.29, 1.82) is 0 Å². The number of thiophene rings is 1. The number of rotatable bonds is 5. The summed E-state index contributed by atoms with van der Waals surface area (Å²) in [4.78, 5) is 27.5. The van der Waals surface area contributed by atoms with Crippen molar-refractivity contribution >= 4 is 28.2 Å². The number of hydrogen-bond acceptors (Lipinski definition) is 6. The number of carbonyl (C=O) groups is 2. The lowest BCUT2D eigenvalue weighted by atomic mass is 10.0. The number of carboxylic acids is 1. The maximum Gasteiger partial charge on any atom is 0.339 e. The number of likely N-dealkylation sites (N-methyl/N-ethyl adjacent to an activating group) is 1. The normalized spacial score (nSPS) is 13.8. The summed E-state index contributed by atoms with van der Waals surface area (Å²) in [5.74, 6) is -0.456. The zero-order valence-corrected chi connectivity index (χ0v) is 15.6. The Morgan fingerprint density at radius 3 is 2.42 bits per heavy atom. The number of benzene rings is 1. The molecule has 26 heavy (non-hydrogen) atoms. The highest BCUT2D eigenvalue weighted by atomic mass is 32.1. The Morgan fingerprint density at radius 1 is 1.19 bits per heavy atom. The van der Waals surface area contributed by atoms with Crippen LogP contribution in [-0.4, -0.2) is 49.7 Å². The molecule has 0 aliphatic carbocycles. The van der Waals surface area contributed by atoms with E-state index in [1.54, 1.807) is 18.2 Å². The van der Waals surface area contributed by atoms with E-state index in [2.05, 4.69) is 10.2 Å². The predicted octanol–water partition coefficient (Wildman–Crippen LogP) is 2.70. The van der Waals surface area contributed by atoms with Crippen molar-refractivity contribution in [3.63, 3.8) is 0 Å². The smallest absolute Gasteiger partial charge is 0.339 e. The molecule has 0 saturated carbocycles. The standard InChI is InChI=1S/C18H20N2O5S/c1-20-5-4-13-14(9-20)26-17(15(13)18(22)23)19-16(21)10-6-11(24-2)8-12(7-10)25-3/h6-8H,4-5,9H2,1-3H3,(H,19,21)(H,22,23). The summed E-state index contributed by atoms with van der Waals surface area (Å²) in [6.07, 6.45) is 0.660. The van der Waals surface area contributed by atoms with Gasteiger partial charge in [0.1, 0.15) is 16.5 Å². The van der Waals surface area contributed by atoms with Gasteiger partial charge in [0.25, 0.3) is 5.91 Å². The fourth-order valence-electron chi connectivity index (χ4n) is 2.96. The summed E-state index contributed by atoms with van der Waals surface area (Å²) < 4.78 is 10.4. The fraction of sp³-hybridized carbons (Fsp3) is 0.333. The quantitative estimate of drug-likeness (QED) is 0.834. The second-order valence-corrected chi connectivity index (χ2v) is 7.16. The molecule has 138 valence electrons. The Kier molecular flexibility index (Phi) is 5.15. The highest BCUT2D eigenvalue weighted by Gasteiger charge is 2.27. The molecule has 0 fully saturated rings. The summed E-state index contributed by atoms with van der Waals surface area (Å²) in [6, 6.07) is 4.83. The molecule has 3 rings (SSSR count). The molecule has 1 aliphatic heterocycles. The minimum absolute atomic E-state index is 0.196. The molecule has 2 N–H and O–H groups in total. The van der Waals surface area contributed by atoms with Crippen LogP contribution in [0.15, 0.2) is 18.2 Å². The zero-order valence-electron chi connectivity index (χ0n) is 14.8. The molecular formula is C18H20N2O5S. The van der Waals surface area contributed by atoms with Crippen molar-refractivity contribution in [3.8, 4) is 11.5 Å². The van der Waals surface area contributed by atoms with E-state index in [-0.39, 0.29) is 5.56 Å². The molecule has 1 aromatic carbocycles. The third-order valence-corrected chi connectivity index (χ3v) is 5.43. The van der Waals surface area contributed by atoms with Crippen molar-refractivity contribution < 1.29 is 24.2 Å². The minimum atomic E-state index is -1.02. The summed E-state index contributed by atoms with van der Waals surface area (Å²) >= 11 is 1.32. The predicted molar refractivity (Wildman–Crippen MR) is 98.8 cm³/mol. The Bertz CT molecular complexity index is 839. The topological polar surface area (TPSA) is 88.1 Å². The van der Waals surface area contributed by atoms with Crippen molar-refractivity contribution in [2.45, 2.75) is 13.0 Å². The number of fused-ring (bicyclic) bond motifs is 1. The van der Waals surface area contributed by atoms with Gasteiger partial charge in [-0.15, -0.1) is 11.3 Å². The van der Waals surface area contributed by atoms with Gasteiger partial charge in [0.15, 0.2) is 0 Å². The van der Waals surface area contributed by atoms with E-state index < -0.39 is 11.9 Å². The van der Waals surface area contributed by atoms with Crippen LogP contribution in [0.5, 0.6) is 11.5 Å². The molecule has 0 atom stereocenters. The largest absolute Gasteiger partial charge is 0.497 e. The van der Waals surface area contributed by atoms with Crippen LogP contribution < -0.4 is 14.8 Å². The van der Waals surface area contributed by atoms with Crippen LogP contribution in [-0.2, 0) is 13.0 Å². The van der Waals surface area contributed by atoms with Crippen LogP contribution >= 0.6 is 11.3 Å². The van der Waals surface area contributed by atoms with Gasteiger partial charge in [0, 0.05) is 29.6 Å². The molecule has 0 unspecified atom stereocenters. The fourth-order valence-corrected chi connectivity index (χ4v) is 4.27. The zero-order chi connectivity index (χ0) is 18.8. The molecule has 1 aliphatic rings. The van der Waals surface area contributed by atoms with Crippen LogP contribution in [0.4, 0.5) is 5.00 Å². The minimum Gasteiger partial charge on any atom is -0.497 e. The lowest BCUT2D eigenvalue weighted by Crippen LogP contribution is -2.26. The number of carbonyl (C=O) groups excluding carboxylic acids is 1. The van der Waals surface area contributed by atoms with E-state index in [9.17, 15) is 14.7 Å². The Labute approximate surface area is 155 Å². The third-order valence-electron chi connectivity index (χ3n) is 4.30. The van der Waals surface area contributed by atoms with Gasteiger partial charge in [-0.2, -0.15) is 0 Å². The number of nitrogens with one attached hydrogen (secondary N) is 1. The molecule has 2 heterocycles. The molecule has 2 aromatic rings. The van der Waals surface area contributed by atoms with Crippen molar-refractivity contribution in [3.05, 3.63) is 39.8 Å². The van der Waals surface area contributed by atoms with Gasteiger partial charge in [-0.05, 0) is 31.2 Å². The van der Waals surface area contributed by atoms with E-state index in [1.165, 1.54) is 25.6 Å². The highest BCUT2D eigenvalue weighted by Crippen LogP contribution is 2.37. The van der Waals surface area contributed by atoms with E-state index >= 15 is 0 Å². The molecule has 0 radical (unpaired) electrons. The van der Waals surface area contributed by atoms with Crippen molar-refractivity contribution in [2.75, 3.05) is 33.1 Å². The lowest BCUT2D eigenvalue weighted by molar-refractivity contribution is 0.0696. The van der Waals surface area contributed by atoms with Gasteiger partial charge >= 0.3 is 5.97 Å². The van der Waals surface area contributed by atoms with Gasteiger partial charge in [-0.3, -0.25) is 4.79 Å². The molecule has 0 bridgehead atoms. The number of ether oxygens (including phenoxy) is 2. The van der Waals surface area contributed by atoms with Crippen LogP contribution in [0.2, 0.25) is 0 Å². The molecular weight excluding hydrogens is 356 g/mol. The summed E-state index contributed by atoms with van der Waals surface area (Å²) in [6.45, 7) is 1.48. The maximum absolute atomic E-state index is 12.7. The third kappa shape index (κ3) is 3.51. The molecule has 7 nitrogen and oxygen atoms in total. The summed E-state index contributed by atoms with van der Waals surface area (Å²) in [5, 5.41) is 12.7. The number of aromatic carboxylic acids is 1. The first-order valence-electron chi connectivity index (χ1n) is 8.03. The molecule has 1 amide bonds. The number of carboxylic acid groups (broad SMARTS) is 1. The molecule has 0 spiro atoms. The van der Waals surface area contributed by atoms with E-state index in [0.29, 0.717) is 35.0 Å². The van der Waals surface area contributed by atoms with Crippen LogP contribution in [0, 0.1) is 0 Å². The van der Waals surface area contributed by atoms with E-state index in [4.69, 9.17) is 9.47 Å². The second-order valence-electron chi connectivity index (χ2n) is 6.06. The maximum atomic E-state index is 12.7. The van der Waals surface area contributed by atoms with Crippen LogP contribution in [0.1, 0.15) is 31.2 Å². The number of methoxy groups -OCH3 is 2. The van der Waals surface area contributed by atoms with Gasteiger partial charge in [0.05, 0.1) is 19.8 Å². The van der Waals surface area contributed by atoms with E-state index in [1.807, 2.05) is 7.05 Å². The van der Waals surface area contributed by atoms with E-state index in [0.717, 1.165) is 17.0 Å². The van der Waals surface area contributed by atoms with Gasteiger partial charge in [-0.1, -0.05) is 0 Å². The van der Waals surface area contributed by atoms with Gasteiger partial charge < -0.3 is 24.8 Å². The Hall–Kier alpha value is -2.58. The second kappa shape index (κ2) is 7.35. The number of nitrogens with zero attached hydrogens (tertiary/aromatic N) is 1. The summed E-state index contributed by atoms with van der Waals surface area (Å²) in [7, 11) is 5.00. The average Bonchev–Trinajstić information content (AvgIpc) is 2.97. The van der Waals surface area contributed by atoms with Crippen LogP contribution in [0.3, 0.4) is 0 Å². The van der Waals surface area contributed by atoms with Gasteiger partial charge in [0.2, 0.25) is 0 Å². The molecule has 1 aromatic heterocycles. The van der Waals surface area contributed by atoms with Gasteiger partial charge in [-0.25, -0.2) is 4.79 Å². The SMILES string of the molecule is COc1cc(OC)cc(C(=O)Nc2sc3c(c2C(=O)O)CCN(C)C3)c1.